The van der Waals surface area contributed by atoms with Crippen LogP contribution in [0.3, 0.4) is 0 Å². The third-order valence-electron chi connectivity index (χ3n) is 3.13. The molecule has 4 nitrogen and oxygen atoms in total. The number of nitrogens with zero attached hydrogens (tertiary/aromatic N) is 1. The van der Waals surface area contributed by atoms with Crippen LogP contribution < -0.4 is 5.32 Å². The third-order valence-corrected chi connectivity index (χ3v) is 3.13. The van der Waals surface area contributed by atoms with Gasteiger partial charge in [-0.15, -0.1) is 0 Å². The highest BCUT2D eigenvalue weighted by Gasteiger charge is 2.17. The maximum atomic E-state index is 11.8. The predicted molar refractivity (Wildman–Crippen MR) is 77.0 cm³/mol. The molecule has 0 aliphatic carbocycles. The molecular weight excluding hydrogens is 240 g/mol. The number of carbonyl (C=O) groups is 1. The molecule has 4 heteroatoms. The minimum atomic E-state index is 0.0440. The molecule has 2 N–H and O–H groups in total. The van der Waals surface area contributed by atoms with E-state index >= 15 is 0 Å². The SMILES string of the molecule is CCN(CC(=O)NC(C)C)C(C)c1ccc(O)cc1. The predicted octanol–water partition coefficient (Wildman–Crippen LogP) is 2.30. The maximum absolute atomic E-state index is 11.8. The van der Waals surface area contributed by atoms with Crippen LogP contribution >= 0.6 is 0 Å². The van der Waals surface area contributed by atoms with Gasteiger partial charge in [-0.3, -0.25) is 9.69 Å². The highest BCUT2D eigenvalue weighted by molar-refractivity contribution is 5.78. The van der Waals surface area contributed by atoms with Crippen molar-refractivity contribution in [2.75, 3.05) is 13.1 Å². The second-order valence-electron chi connectivity index (χ2n) is 5.05. The van der Waals surface area contributed by atoms with Crippen molar-refractivity contribution < 1.29 is 9.90 Å². The Bertz CT molecular complexity index is 401. The quantitative estimate of drug-likeness (QED) is 0.829. The standard InChI is InChI=1S/C15H24N2O2/c1-5-17(10-15(19)16-11(2)3)12(4)13-6-8-14(18)9-7-13/h6-9,11-12,18H,5,10H2,1-4H3,(H,16,19). The number of hydrogen-bond acceptors (Lipinski definition) is 3. The van der Waals surface area contributed by atoms with Crippen molar-refractivity contribution >= 4 is 5.91 Å². The molecule has 106 valence electrons. The van der Waals surface area contributed by atoms with Gasteiger partial charge in [0.15, 0.2) is 0 Å². The summed E-state index contributed by atoms with van der Waals surface area (Å²) in [4.78, 5) is 13.9. The fourth-order valence-electron chi connectivity index (χ4n) is 2.04. The number of hydrogen-bond donors (Lipinski definition) is 2. The van der Waals surface area contributed by atoms with Crippen LogP contribution in [0.5, 0.6) is 5.75 Å². The van der Waals surface area contributed by atoms with Crippen molar-refractivity contribution in [3.8, 4) is 5.75 Å². The number of nitrogens with one attached hydrogen (secondary N) is 1. The van der Waals surface area contributed by atoms with Gasteiger partial charge in [0.1, 0.15) is 5.75 Å². The first-order chi connectivity index (χ1) is 8.93. The van der Waals surface area contributed by atoms with Gasteiger partial charge in [-0.05, 0) is 45.0 Å². The van der Waals surface area contributed by atoms with Crippen molar-refractivity contribution in [2.24, 2.45) is 0 Å². The zero-order valence-electron chi connectivity index (χ0n) is 12.2. The van der Waals surface area contributed by atoms with E-state index < -0.39 is 0 Å². The molecule has 1 atom stereocenters. The average molecular weight is 264 g/mol. The van der Waals surface area contributed by atoms with Crippen LogP contribution in [-0.2, 0) is 4.79 Å². The van der Waals surface area contributed by atoms with Crippen LogP contribution in [0.25, 0.3) is 0 Å². The summed E-state index contributed by atoms with van der Waals surface area (Å²) in [6, 6.07) is 7.44. The Morgan fingerprint density at radius 3 is 2.32 bits per heavy atom. The van der Waals surface area contributed by atoms with Gasteiger partial charge in [-0.2, -0.15) is 0 Å². The number of phenolic OH excluding ortho intramolecular Hbond substituents is 1. The van der Waals surface area contributed by atoms with E-state index in [0.717, 1.165) is 12.1 Å². The molecule has 1 amide bonds. The Kier molecular flexibility index (Phi) is 5.83. The fourth-order valence-corrected chi connectivity index (χ4v) is 2.04. The van der Waals surface area contributed by atoms with Crippen LogP contribution in [0.4, 0.5) is 0 Å². The highest BCUT2D eigenvalue weighted by atomic mass is 16.3. The molecule has 0 saturated carbocycles. The van der Waals surface area contributed by atoms with Gasteiger partial charge in [-0.25, -0.2) is 0 Å². The first-order valence-electron chi connectivity index (χ1n) is 6.76. The smallest absolute Gasteiger partial charge is 0.234 e. The molecule has 0 fully saturated rings. The lowest BCUT2D eigenvalue weighted by Gasteiger charge is -2.28. The number of amides is 1. The molecule has 19 heavy (non-hydrogen) atoms. The Morgan fingerprint density at radius 1 is 1.26 bits per heavy atom. The lowest BCUT2D eigenvalue weighted by atomic mass is 10.1. The number of rotatable bonds is 6. The van der Waals surface area contributed by atoms with Gasteiger partial charge >= 0.3 is 0 Å². The second kappa shape index (κ2) is 7.14. The van der Waals surface area contributed by atoms with Crippen LogP contribution in [0.15, 0.2) is 24.3 Å². The van der Waals surface area contributed by atoms with E-state index in [0.29, 0.717) is 6.54 Å². The zero-order valence-corrected chi connectivity index (χ0v) is 12.2. The van der Waals surface area contributed by atoms with Crippen LogP contribution in [0.2, 0.25) is 0 Å². The van der Waals surface area contributed by atoms with E-state index in [9.17, 15) is 9.90 Å². The minimum absolute atomic E-state index is 0.0440. The minimum Gasteiger partial charge on any atom is -0.508 e. The lowest BCUT2D eigenvalue weighted by molar-refractivity contribution is -0.123. The molecule has 1 rings (SSSR count). The van der Waals surface area contributed by atoms with E-state index in [4.69, 9.17) is 0 Å². The fraction of sp³-hybridized carbons (Fsp3) is 0.533. The summed E-state index contributed by atoms with van der Waals surface area (Å²) >= 11 is 0. The van der Waals surface area contributed by atoms with Gasteiger partial charge in [0.05, 0.1) is 6.54 Å². The molecule has 0 radical (unpaired) electrons. The largest absolute Gasteiger partial charge is 0.508 e. The van der Waals surface area contributed by atoms with Crippen molar-refractivity contribution in [3.05, 3.63) is 29.8 Å². The van der Waals surface area contributed by atoms with E-state index in [-0.39, 0.29) is 23.7 Å². The normalized spacial score (nSPS) is 12.7. The van der Waals surface area contributed by atoms with Gasteiger partial charge in [0.2, 0.25) is 5.91 Å². The molecule has 0 heterocycles. The second-order valence-corrected chi connectivity index (χ2v) is 5.05. The van der Waals surface area contributed by atoms with Gasteiger partial charge in [-0.1, -0.05) is 19.1 Å². The Hall–Kier alpha value is -1.55. The third kappa shape index (κ3) is 4.91. The van der Waals surface area contributed by atoms with Crippen LogP contribution in [0.1, 0.15) is 39.3 Å². The molecule has 0 aromatic heterocycles. The molecule has 0 aliphatic heterocycles. The topological polar surface area (TPSA) is 52.6 Å². The summed E-state index contributed by atoms with van der Waals surface area (Å²) in [5, 5.41) is 12.2. The summed E-state index contributed by atoms with van der Waals surface area (Å²) in [6.45, 7) is 9.21. The summed E-state index contributed by atoms with van der Waals surface area (Å²) in [6.07, 6.45) is 0. The average Bonchev–Trinajstić information content (AvgIpc) is 2.35. The van der Waals surface area contributed by atoms with Crippen molar-refractivity contribution in [1.29, 1.82) is 0 Å². The molecule has 0 bridgehead atoms. The molecule has 1 unspecified atom stereocenters. The molecule has 0 saturated heterocycles. The van der Waals surface area contributed by atoms with Crippen molar-refractivity contribution in [2.45, 2.75) is 39.8 Å². The lowest BCUT2D eigenvalue weighted by Crippen LogP contribution is -2.41. The maximum Gasteiger partial charge on any atom is 0.234 e. The zero-order chi connectivity index (χ0) is 14.4. The number of likely N-dealkylation sites (N-methyl/N-ethyl adjacent to an activating group) is 1. The number of phenols is 1. The van der Waals surface area contributed by atoms with Gasteiger partial charge in [0.25, 0.3) is 0 Å². The Labute approximate surface area is 115 Å². The summed E-state index contributed by atoms with van der Waals surface area (Å²) in [5.74, 6) is 0.305. The van der Waals surface area contributed by atoms with Gasteiger partial charge in [0, 0.05) is 12.1 Å². The molecular formula is C15H24N2O2. The summed E-state index contributed by atoms with van der Waals surface area (Å²) in [5.41, 5.74) is 1.09. The molecule has 1 aromatic rings. The number of carbonyl (C=O) groups excluding carboxylic acids is 1. The summed E-state index contributed by atoms with van der Waals surface area (Å²) in [7, 11) is 0. The first-order valence-corrected chi connectivity index (χ1v) is 6.76. The molecule has 0 aliphatic rings. The monoisotopic (exact) mass is 264 g/mol. The van der Waals surface area contributed by atoms with Gasteiger partial charge < -0.3 is 10.4 Å². The Morgan fingerprint density at radius 2 is 1.84 bits per heavy atom. The van der Waals surface area contributed by atoms with E-state index in [1.807, 2.05) is 32.9 Å². The summed E-state index contributed by atoms with van der Waals surface area (Å²) < 4.78 is 0. The molecule has 1 aromatic carbocycles. The van der Waals surface area contributed by atoms with Crippen molar-refractivity contribution in [3.63, 3.8) is 0 Å². The van der Waals surface area contributed by atoms with Crippen LogP contribution in [-0.4, -0.2) is 35.0 Å². The van der Waals surface area contributed by atoms with E-state index in [1.165, 1.54) is 0 Å². The van der Waals surface area contributed by atoms with Crippen molar-refractivity contribution in [1.82, 2.24) is 10.2 Å². The van der Waals surface area contributed by atoms with E-state index in [1.54, 1.807) is 12.1 Å². The number of benzene rings is 1. The van der Waals surface area contributed by atoms with Crippen LogP contribution in [0, 0.1) is 0 Å². The van der Waals surface area contributed by atoms with E-state index in [2.05, 4.69) is 17.1 Å². The number of aromatic hydroxyl groups is 1. The highest BCUT2D eigenvalue weighted by Crippen LogP contribution is 2.21. The molecule has 0 spiro atoms. The Balaban J connectivity index is 2.68. The first kappa shape index (κ1) is 15.5.